The number of pyridine rings is 1. The number of anilines is 2. The number of carbonyl (C=O) groups excluding carboxylic acids is 1. The van der Waals surface area contributed by atoms with Gasteiger partial charge in [-0.1, -0.05) is 30.3 Å². The standard InChI is InChI=1S/C31H35N9O/c1-21-4-2-6-26(35-21)30-34-14-12-28(39-30)37-27-11-13-33-29(38-27)16-22-7-9-23(10-8-22)19-40-15-3-5-24(20-40)31(41)36-25-17-32-18-25/h2,4,6-14,24-25,32H,3,5,15-20H2,1H3,(H,36,41)(H,33,34,37,38,39). The smallest absolute Gasteiger partial charge is 0.224 e. The molecule has 3 aromatic heterocycles. The van der Waals surface area contributed by atoms with Gasteiger partial charge in [-0.05, 0) is 61.7 Å². The van der Waals surface area contributed by atoms with Crippen molar-refractivity contribution in [3.8, 4) is 11.5 Å². The topological polar surface area (TPSA) is 121 Å². The van der Waals surface area contributed by atoms with E-state index in [1.54, 1.807) is 12.4 Å². The Morgan fingerprint density at radius 3 is 2.51 bits per heavy atom. The summed E-state index contributed by atoms with van der Waals surface area (Å²) in [5, 5.41) is 9.66. The largest absolute Gasteiger partial charge is 0.351 e. The van der Waals surface area contributed by atoms with Crippen molar-refractivity contribution in [1.82, 2.24) is 40.5 Å². The van der Waals surface area contributed by atoms with Crippen LogP contribution in [0.4, 0.5) is 11.6 Å². The van der Waals surface area contributed by atoms with Crippen LogP contribution in [0.5, 0.6) is 0 Å². The maximum Gasteiger partial charge on any atom is 0.224 e. The molecule has 5 heterocycles. The molecule has 10 heteroatoms. The zero-order valence-corrected chi connectivity index (χ0v) is 23.3. The number of hydrogen-bond donors (Lipinski definition) is 3. The fourth-order valence-electron chi connectivity index (χ4n) is 5.23. The summed E-state index contributed by atoms with van der Waals surface area (Å²) in [6.45, 7) is 6.41. The van der Waals surface area contributed by atoms with Gasteiger partial charge in [-0.3, -0.25) is 9.69 Å². The number of amides is 1. The van der Waals surface area contributed by atoms with E-state index in [0.29, 0.717) is 29.9 Å². The highest BCUT2D eigenvalue weighted by Crippen LogP contribution is 2.21. The number of benzene rings is 1. The van der Waals surface area contributed by atoms with Crippen LogP contribution in [0.1, 0.15) is 35.5 Å². The van der Waals surface area contributed by atoms with Crippen molar-refractivity contribution in [3.05, 3.63) is 89.6 Å². The average Bonchev–Trinajstić information content (AvgIpc) is 2.96. The van der Waals surface area contributed by atoms with Gasteiger partial charge in [0.2, 0.25) is 5.91 Å². The molecule has 1 amide bonds. The minimum absolute atomic E-state index is 0.0785. The molecule has 0 radical (unpaired) electrons. The van der Waals surface area contributed by atoms with E-state index in [1.807, 2.05) is 37.3 Å². The second kappa shape index (κ2) is 12.5. The summed E-state index contributed by atoms with van der Waals surface area (Å²) in [7, 11) is 0. The van der Waals surface area contributed by atoms with Crippen LogP contribution < -0.4 is 16.0 Å². The molecule has 210 valence electrons. The molecule has 1 unspecified atom stereocenters. The number of rotatable bonds is 9. The molecule has 2 saturated heterocycles. The summed E-state index contributed by atoms with van der Waals surface area (Å²) in [6.07, 6.45) is 6.12. The van der Waals surface area contributed by atoms with Crippen molar-refractivity contribution in [2.75, 3.05) is 31.5 Å². The Hall–Kier alpha value is -4.28. The van der Waals surface area contributed by atoms with Crippen LogP contribution in [0.25, 0.3) is 11.5 Å². The number of aromatic nitrogens is 5. The molecular weight excluding hydrogens is 514 g/mol. The lowest BCUT2D eigenvalue weighted by atomic mass is 9.96. The van der Waals surface area contributed by atoms with Gasteiger partial charge in [0.05, 0.1) is 12.0 Å². The number of piperidine rings is 1. The molecule has 0 spiro atoms. The third-order valence-electron chi connectivity index (χ3n) is 7.53. The van der Waals surface area contributed by atoms with Crippen molar-refractivity contribution in [2.24, 2.45) is 5.92 Å². The van der Waals surface area contributed by atoms with Crippen LogP contribution in [-0.4, -0.2) is 67.9 Å². The van der Waals surface area contributed by atoms with E-state index < -0.39 is 0 Å². The minimum atomic E-state index is 0.0785. The predicted molar refractivity (Wildman–Crippen MR) is 157 cm³/mol. The summed E-state index contributed by atoms with van der Waals surface area (Å²) in [5.41, 5.74) is 4.04. The maximum absolute atomic E-state index is 12.6. The first kappa shape index (κ1) is 26.9. The highest BCUT2D eigenvalue weighted by atomic mass is 16.2. The normalized spacial score (nSPS) is 17.5. The van der Waals surface area contributed by atoms with E-state index in [4.69, 9.17) is 4.98 Å². The van der Waals surface area contributed by atoms with E-state index in [1.165, 1.54) is 5.56 Å². The summed E-state index contributed by atoms with van der Waals surface area (Å²) in [4.78, 5) is 37.7. The summed E-state index contributed by atoms with van der Waals surface area (Å²) in [6, 6.07) is 18.3. The molecule has 1 aromatic carbocycles. The van der Waals surface area contributed by atoms with Crippen LogP contribution in [0.15, 0.2) is 67.0 Å². The Balaban J connectivity index is 1.04. The van der Waals surface area contributed by atoms with Crippen molar-refractivity contribution in [2.45, 2.75) is 38.8 Å². The van der Waals surface area contributed by atoms with Crippen LogP contribution in [-0.2, 0) is 17.8 Å². The number of hydrogen-bond acceptors (Lipinski definition) is 9. The Labute approximate surface area is 240 Å². The molecule has 0 aliphatic carbocycles. The van der Waals surface area contributed by atoms with E-state index in [0.717, 1.165) is 68.3 Å². The second-order valence-corrected chi connectivity index (χ2v) is 10.8. The molecule has 0 saturated carbocycles. The molecule has 0 bridgehead atoms. The molecule has 41 heavy (non-hydrogen) atoms. The van der Waals surface area contributed by atoms with Crippen LogP contribution >= 0.6 is 0 Å². The van der Waals surface area contributed by atoms with Gasteiger partial charge >= 0.3 is 0 Å². The number of carbonyl (C=O) groups is 1. The van der Waals surface area contributed by atoms with Gasteiger partial charge in [0.15, 0.2) is 5.82 Å². The molecule has 2 aliphatic rings. The Morgan fingerprint density at radius 2 is 1.73 bits per heavy atom. The highest BCUT2D eigenvalue weighted by Gasteiger charge is 2.28. The van der Waals surface area contributed by atoms with E-state index >= 15 is 0 Å². The van der Waals surface area contributed by atoms with Crippen LogP contribution in [0, 0.1) is 12.8 Å². The Bertz CT molecular complexity index is 1490. The first-order chi connectivity index (χ1) is 20.1. The lowest BCUT2D eigenvalue weighted by molar-refractivity contribution is -0.127. The summed E-state index contributed by atoms with van der Waals surface area (Å²) in [5.74, 6) is 2.88. The van der Waals surface area contributed by atoms with Gasteiger partial charge in [-0.2, -0.15) is 0 Å². The van der Waals surface area contributed by atoms with E-state index in [-0.39, 0.29) is 11.8 Å². The van der Waals surface area contributed by atoms with Gasteiger partial charge in [0.25, 0.3) is 0 Å². The predicted octanol–water partition coefficient (Wildman–Crippen LogP) is 3.27. The van der Waals surface area contributed by atoms with Crippen LogP contribution in [0.3, 0.4) is 0 Å². The fraction of sp³-hybridized carbons (Fsp3) is 0.355. The second-order valence-electron chi connectivity index (χ2n) is 10.8. The fourth-order valence-corrected chi connectivity index (χ4v) is 5.23. The quantitative estimate of drug-likeness (QED) is 0.289. The van der Waals surface area contributed by atoms with Crippen LogP contribution in [0.2, 0.25) is 0 Å². The molecule has 3 N–H and O–H groups in total. The number of nitrogens with zero attached hydrogens (tertiary/aromatic N) is 6. The third-order valence-corrected chi connectivity index (χ3v) is 7.53. The van der Waals surface area contributed by atoms with Gasteiger partial charge < -0.3 is 16.0 Å². The highest BCUT2D eigenvalue weighted by molar-refractivity contribution is 5.79. The first-order valence-electron chi connectivity index (χ1n) is 14.2. The molecule has 2 aliphatic heterocycles. The Morgan fingerprint density at radius 1 is 0.951 bits per heavy atom. The number of likely N-dealkylation sites (tertiary alicyclic amines) is 1. The Kier molecular flexibility index (Phi) is 8.20. The van der Waals surface area contributed by atoms with Gasteiger partial charge in [0.1, 0.15) is 23.2 Å². The summed E-state index contributed by atoms with van der Waals surface area (Å²) < 4.78 is 0. The van der Waals surface area contributed by atoms with Crippen molar-refractivity contribution < 1.29 is 4.79 Å². The lowest BCUT2D eigenvalue weighted by Gasteiger charge is -2.34. The molecule has 1 atom stereocenters. The van der Waals surface area contributed by atoms with E-state index in [2.05, 4.69) is 65.1 Å². The minimum Gasteiger partial charge on any atom is -0.351 e. The monoisotopic (exact) mass is 549 g/mol. The van der Waals surface area contributed by atoms with Crippen molar-refractivity contribution in [1.29, 1.82) is 0 Å². The molecule has 4 aromatic rings. The third kappa shape index (κ3) is 7.08. The lowest BCUT2D eigenvalue weighted by Crippen LogP contribution is -2.58. The van der Waals surface area contributed by atoms with Gasteiger partial charge in [-0.15, -0.1) is 0 Å². The summed E-state index contributed by atoms with van der Waals surface area (Å²) >= 11 is 0. The molecule has 2 fully saturated rings. The zero-order chi connectivity index (χ0) is 28.0. The SMILES string of the molecule is Cc1cccc(-c2nccc(Nc3ccnc(Cc4ccc(CN5CCCC(C(=O)NC6CNC6)C5)cc4)n3)n2)n1. The first-order valence-corrected chi connectivity index (χ1v) is 14.2. The molecular formula is C31H35N9O. The molecule has 10 nitrogen and oxygen atoms in total. The van der Waals surface area contributed by atoms with Crippen molar-refractivity contribution in [3.63, 3.8) is 0 Å². The zero-order valence-electron chi connectivity index (χ0n) is 23.3. The van der Waals surface area contributed by atoms with E-state index in [9.17, 15) is 4.79 Å². The number of nitrogens with one attached hydrogen (secondary N) is 3. The van der Waals surface area contributed by atoms with Gasteiger partial charge in [-0.25, -0.2) is 24.9 Å². The maximum atomic E-state index is 12.6. The molecule has 6 rings (SSSR count). The average molecular weight is 550 g/mol. The van der Waals surface area contributed by atoms with Gasteiger partial charge in [0, 0.05) is 50.7 Å². The van der Waals surface area contributed by atoms with Crippen molar-refractivity contribution >= 4 is 17.5 Å². The number of aryl methyl sites for hydroxylation is 1.